The molecule has 0 saturated heterocycles. The molecule has 3 nitrogen and oxygen atoms in total. The van der Waals surface area contributed by atoms with E-state index in [2.05, 4.69) is 5.10 Å². The Labute approximate surface area is 86.2 Å². The van der Waals surface area contributed by atoms with Gasteiger partial charge in [-0.1, -0.05) is 0 Å². The number of rotatable bonds is 2. The first-order chi connectivity index (χ1) is 7.20. The molecule has 2 aromatic rings. The van der Waals surface area contributed by atoms with E-state index >= 15 is 0 Å². The Morgan fingerprint density at radius 3 is 2.87 bits per heavy atom. The van der Waals surface area contributed by atoms with Gasteiger partial charge in [0.15, 0.2) is 6.29 Å². The maximum absolute atomic E-state index is 13.0. The lowest BCUT2D eigenvalue weighted by Crippen LogP contribution is -1.88. The molecule has 0 N–H and O–H groups in total. The van der Waals surface area contributed by atoms with Gasteiger partial charge in [-0.05, 0) is 23.8 Å². The van der Waals surface area contributed by atoms with Crippen LogP contribution >= 0.6 is 0 Å². The summed E-state index contributed by atoms with van der Waals surface area (Å²) in [7, 11) is 1.77. The molecule has 2 rings (SSSR count). The monoisotopic (exact) mass is 204 g/mol. The molecule has 0 aliphatic carbocycles. The average Bonchev–Trinajstić information content (AvgIpc) is 2.65. The second-order valence-corrected chi connectivity index (χ2v) is 3.25. The molecule has 0 saturated carbocycles. The Bertz CT molecular complexity index is 505. The lowest BCUT2D eigenvalue weighted by atomic mass is 10.0. The van der Waals surface area contributed by atoms with Crippen molar-refractivity contribution in [1.29, 1.82) is 0 Å². The van der Waals surface area contributed by atoms with E-state index in [1.165, 1.54) is 18.2 Å². The van der Waals surface area contributed by atoms with E-state index < -0.39 is 0 Å². The van der Waals surface area contributed by atoms with Gasteiger partial charge in [0.2, 0.25) is 0 Å². The molecule has 1 aromatic carbocycles. The molecule has 15 heavy (non-hydrogen) atoms. The third kappa shape index (κ3) is 1.79. The van der Waals surface area contributed by atoms with Crippen molar-refractivity contribution in [2.75, 3.05) is 0 Å². The summed E-state index contributed by atoms with van der Waals surface area (Å²) >= 11 is 0. The molecular weight excluding hydrogens is 195 g/mol. The van der Waals surface area contributed by atoms with Gasteiger partial charge in [-0.15, -0.1) is 0 Å². The highest BCUT2D eigenvalue weighted by atomic mass is 19.1. The van der Waals surface area contributed by atoms with Crippen molar-refractivity contribution in [3.63, 3.8) is 0 Å². The minimum atomic E-state index is -0.362. The number of carbonyl (C=O) groups is 1. The standard InChI is InChI=1S/C11H9FN2O/c1-14-6-9(5-13-14)11-4-10(12)3-2-8(11)7-15/h2-7H,1H3. The second kappa shape index (κ2) is 3.65. The molecular formula is C11H9FN2O. The van der Waals surface area contributed by atoms with Gasteiger partial charge in [-0.25, -0.2) is 4.39 Å². The number of benzene rings is 1. The number of aromatic nitrogens is 2. The Morgan fingerprint density at radius 2 is 2.27 bits per heavy atom. The van der Waals surface area contributed by atoms with Crippen molar-refractivity contribution in [2.45, 2.75) is 0 Å². The smallest absolute Gasteiger partial charge is 0.150 e. The number of carbonyl (C=O) groups excluding carboxylic acids is 1. The average molecular weight is 204 g/mol. The van der Waals surface area contributed by atoms with Crippen molar-refractivity contribution >= 4 is 6.29 Å². The number of aldehydes is 1. The molecule has 1 heterocycles. The molecule has 0 fully saturated rings. The van der Waals surface area contributed by atoms with Crippen LogP contribution in [0.15, 0.2) is 30.6 Å². The Balaban J connectivity index is 2.59. The number of aryl methyl sites for hydroxylation is 1. The van der Waals surface area contributed by atoms with Gasteiger partial charge < -0.3 is 0 Å². The molecule has 4 heteroatoms. The number of nitrogens with zero attached hydrogens (tertiary/aromatic N) is 2. The lowest BCUT2D eigenvalue weighted by molar-refractivity contribution is 0.112. The minimum Gasteiger partial charge on any atom is -0.298 e. The molecule has 0 aliphatic heterocycles. The predicted octanol–water partition coefficient (Wildman–Crippen LogP) is 2.04. The maximum atomic E-state index is 13.0. The fourth-order valence-electron chi connectivity index (χ4n) is 1.44. The van der Waals surface area contributed by atoms with Crippen molar-refractivity contribution in [3.8, 4) is 11.1 Å². The zero-order valence-corrected chi connectivity index (χ0v) is 8.14. The Hall–Kier alpha value is -1.97. The number of hydrogen-bond donors (Lipinski definition) is 0. The molecule has 0 atom stereocenters. The van der Waals surface area contributed by atoms with Gasteiger partial charge >= 0.3 is 0 Å². The van der Waals surface area contributed by atoms with Crippen molar-refractivity contribution in [1.82, 2.24) is 9.78 Å². The molecule has 0 spiro atoms. The summed E-state index contributed by atoms with van der Waals surface area (Å²) in [4.78, 5) is 10.8. The zero-order valence-electron chi connectivity index (χ0n) is 8.14. The highest BCUT2D eigenvalue weighted by Gasteiger charge is 2.07. The summed E-state index contributed by atoms with van der Waals surface area (Å²) in [5, 5.41) is 3.98. The van der Waals surface area contributed by atoms with Crippen LogP contribution in [0.5, 0.6) is 0 Å². The maximum Gasteiger partial charge on any atom is 0.150 e. The van der Waals surface area contributed by atoms with Crippen molar-refractivity contribution < 1.29 is 9.18 Å². The largest absolute Gasteiger partial charge is 0.298 e. The normalized spacial score (nSPS) is 10.3. The first-order valence-corrected chi connectivity index (χ1v) is 4.44. The van der Waals surface area contributed by atoms with Crippen LogP contribution in [0.25, 0.3) is 11.1 Å². The van der Waals surface area contributed by atoms with Gasteiger partial charge in [0, 0.05) is 24.4 Å². The lowest BCUT2D eigenvalue weighted by Gasteiger charge is -2.01. The van der Waals surface area contributed by atoms with Crippen LogP contribution in [-0.4, -0.2) is 16.1 Å². The molecule has 0 amide bonds. The Morgan fingerprint density at radius 1 is 1.47 bits per heavy atom. The molecule has 0 bridgehead atoms. The van der Waals surface area contributed by atoms with E-state index in [1.807, 2.05) is 0 Å². The SMILES string of the molecule is Cn1cc(-c2cc(F)ccc2C=O)cn1. The molecule has 0 unspecified atom stereocenters. The van der Waals surface area contributed by atoms with Gasteiger partial charge in [0.25, 0.3) is 0 Å². The van der Waals surface area contributed by atoms with Crippen LogP contribution in [-0.2, 0) is 7.05 Å². The summed E-state index contributed by atoms with van der Waals surface area (Å²) in [5.74, 6) is -0.362. The highest BCUT2D eigenvalue weighted by Crippen LogP contribution is 2.22. The Kier molecular flexibility index (Phi) is 2.33. The summed E-state index contributed by atoms with van der Waals surface area (Å²) in [6.07, 6.45) is 4.05. The number of halogens is 1. The van der Waals surface area contributed by atoms with E-state index in [4.69, 9.17) is 0 Å². The molecule has 0 aliphatic rings. The first-order valence-electron chi connectivity index (χ1n) is 4.44. The van der Waals surface area contributed by atoms with Crippen LogP contribution in [0.3, 0.4) is 0 Å². The molecule has 76 valence electrons. The van der Waals surface area contributed by atoms with E-state index in [0.29, 0.717) is 17.4 Å². The summed E-state index contributed by atoms with van der Waals surface area (Å²) in [5.41, 5.74) is 1.77. The third-order valence-electron chi connectivity index (χ3n) is 2.16. The van der Waals surface area contributed by atoms with E-state index in [-0.39, 0.29) is 5.82 Å². The fraction of sp³-hybridized carbons (Fsp3) is 0.0909. The predicted molar refractivity (Wildman–Crippen MR) is 54.0 cm³/mol. The topological polar surface area (TPSA) is 34.9 Å². The van der Waals surface area contributed by atoms with Crippen LogP contribution < -0.4 is 0 Å². The van der Waals surface area contributed by atoms with E-state index in [1.54, 1.807) is 24.1 Å². The fourth-order valence-corrected chi connectivity index (χ4v) is 1.44. The van der Waals surface area contributed by atoms with Gasteiger partial charge in [0.05, 0.1) is 6.20 Å². The van der Waals surface area contributed by atoms with Gasteiger partial charge in [0.1, 0.15) is 5.82 Å². The van der Waals surface area contributed by atoms with Crippen molar-refractivity contribution in [2.24, 2.45) is 7.05 Å². The zero-order chi connectivity index (χ0) is 10.8. The number of hydrogen-bond acceptors (Lipinski definition) is 2. The second-order valence-electron chi connectivity index (χ2n) is 3.25. The van der Waals surface area contributed by atoms with Crippen LogP contribution in [0.2, 0.25) is 0 Å². The summed E-state index contributed by atoms with van der Waals surface area (Å²) in [6, 6.07) is 4.06. The minimum absolute atomic E-state index is 0.362. The first kappa shape index (κ1) is 9.58. The molecule has 1 aromatic heterocycles. The summed E-state index contributed by atoms with van der Waals surface area (Å²) in [6.45, 7) is 0. The quantitative estimate of drug-likeness (QED) is 0.701. The molecule has 0 radical (unpaired) electrons. The van der Waals surface area contributed by atoms with Gasteiger partial charge in [-0.3, -0.25) is 9.48 Å². The third-order valence-corrected chi connectivity index (χ3v) is 2.16. The van der Waals surface area contributed by atoms with Gasteiger partial charge in [-0.2, -0.15) is 5.10 Å². The summed E-state index contributed by atoms with van der Waals surface area (Å²) < 4.78 is 14.6. The van der Waals surface area contributed by atoms with Crippen molar-refractivity contribution in [3.05, 3.63) is 42.0 Å². The van der Waals surface area contributed by atoms with E-state index in [9.17, 15) is 9.18 Å². The van der Waals surface area contributed by atoms with E-state index in [0.717, 1.165) is 5.56 Å². The highest BCUT2D eigenvalue weighted by molar-refractivity contribution is 5.87. The van der Waals surface area contributed by atoms with Crippen LogP contribution in [0, 0.1) is 5.82 Å². The van der Waals surface area contributed by atoms with Crippen LogP contribution in [0.1, 0.15) is 10.4 Å². The van der Waals surface area contributed by atoms with Crippen LogP contribution in [0.4, 0.5) is 4.39 Å².